The van der Waals surface area contributed by atoms with Crippen molar-refractivity contribution in [1.29, 1.82) is 0 Å². The summed E-state index contributed by atoms with van der Waals surface area (Å²) in [4.78, 5) is 0. The zero-order chi connectivity index (χ0) is 20.6. The van der Waals surface area contributed by atoms with Crippen LogP contribution < -0.4 is 9.47 Å². The van der Waals surface area contributed by atoms with Crippen molar-refractivity contribution in [3.8, 4) is 22.9 Å². The van der Waals surface area contributed by atoms with Crippen LogP contribution in [0.25, 0.3) is 11.4 Å². The Bertz CT molecular complexity index is 1220. The molecule has 2 aromatic carbocycles. The van der Waals surface area contributed by atoms with Crippen LogP contribution in [0.15, 0.2) is 58.1 Å². The molecule has 1 fully saturated rings. The van der Waals surface area contributed by atoms with Crippen LogP contribution in [0.4, 0.5) is 0 Å². The molecule has 0 unspecified atom stereocenters. The van der Waals surface area contributed by atoms with Gasteiger partial charge in [-0.05, 0) is 30.5 Å². The van der Waals surface area contributed by atoms with Crippen molar-refractivity contribution >= 4 is 11.8 Å². The Hall–Kier alpha value is -3.33. The molecule has 1 aliphatic heterocycles. The van der Waals surface area contributed by atoms with Crippen molar-refractivity contribution in [1.82, 2.24) is 25.0 Å². The van der Waals surface area contributed by atoms with E-state index in [9.17, 15) is 0 Å². The number of nitrogens with zero attached hydrogens (tertiary/aromatic N) is 5. The predicted octanol–water partition coefficient (Wildman–Crippen LogP) is 4.27. The SMILES string of the molecule is c1ccc(-c2nnc(SCc3nnc(C4CC4)o3)n2Cc2ccc3c(c2)OCO3)cc1. The molecule has 2 aromatic heterocycles. The number of thioether (sulfide) groups is 1. The van der Waals surface area contributed by atoms with E-state index in [4.69, 9.17) is 13.9 Å². The van der Waals surface area contributed by atoms with E-state index in [0.717, 1.165) is 52.3 Å². The zero-order valence-corrected chi connectivity index (χ0v) is 17.4. The maximum Gasteiger partial charge on any atom is 0.231 e. The van der Waals surface area contributed by atoms with Crippen molar-refractivity contribution in [3.63, 3.8) is 0 Å². The summed E-state index contributed by atoms with van der Waals surface area (Å²) in [5.41, 5.74) is 2.09. The van der Waals surface area contributed by atoms with Gasteiger partial charge in [-0.2, -0.15) is 0 Å². The van der Waals surface area contributed by atoms with Gasteiger partial charge in [-0.3, -0.25) is 4.57 Å². The highest BCUT2D eigenvalue weighted by atomic mass is 32.2. The first kappa shape index (κ1) is 18.4. The van der Waals surface area contributed by atoms with Crippen molar-refractivity contribution in [2.45, 2.75) is 36.2 Å². The van der Waals surface area contributed by atoms with Gasteiger partial charge in [-0.25, -0.2) is 0 Å². The fourth-order valence-corrected chi connectivity index (χ4v) is 4.28. The van der Waals surface area contributed by atoms with Gasteiger partial charge in [0.05, 0.1) is 12.3 Å². The smallest absolute Gasteiger partial charge is 0.231 e. The van der Waals surface area contributed by atoms with Gasteiger partial charge in [-0.1, -0.05) is 48.2 Å². The monoisotopic (exact) mass is 433 g/mol. The van der Waals surface area contributed by atoms with Crippen LogP contribution in [0, 0.1) is 0 Å². The maximum atomic E-state index is 5.80. The molecule has 2 aliphatic rings. The van der Waals surface area contributed by atoms with Crippen LogP contribution in [0.1, 0.15) is 36.1 Å². The number of hydrogen-bond acceptors (Lipinski definition) is 8. The molecular formula is C22H19N5O3S. The zero-order valence-electron chi connectivity index (χ0n) is 16.6. The summed E-state index contributed by atoms with van der Waals surface area (Å²) in [5, 5.41) is 18.1. The van der Waals surface area contributed by atoms with Gasteiger partial charge in [0.25, 0.3) is 0 Å². The highest BCUT2D eigenvalue weighted by Crippen LogP contribution is 2.39. The van der Waals surface area contributed by atoms with Crippen molar-refractivity contribution in [2.75, 3.05) is 6.79 Å². The lowest BCUT2D eigenvalue weighted by Crippen LogP contribution is -2.04. The van der Waals surface area contributed by atoms with Gasteiger partial charge >= 0.3 is 0 Å². The standard InChI is InChI=1S/C22H19N5O3S/c1-2-4-15(5-3-1)20-24-26-22(31-12-19-23-25-21(30-19)16-7-8-16)27(20)11-14-6-9-17-18(10-14)29-13-28-17/h1-6,9-10,16H,7-8,11-13H2. The Kier molecular flexibility index (Phi) is 4.60. The molecule has 0 atom stereocenters. The third-order valence-corrected chi connectivity index (χ3v) is 6.21. The predicted molar refractivity (Wildman–Crippen MR) is 113 cm³/mol. The quantitative estimate of drug-likeness (QED) is 0.399. The number of aromatic nitrogens is 5. The summed E-state index contributed by atoms with van der Waals surface area (Å²) in [6.45, 7) is 0.863. The molecule has 4 aromatic rings. The second kappa shape index (κ2) is 7.73. The molecule has 6 rings (SSSR count). The van der Waals surface area contributed by atoms with Crippen molar-refractivity contribution in [3.05, 3.63) is 65.9 Å². The fourth-order valence-electron chi connectivity index (χ4n) is 3.51. The summed E-state index contributed by atoms with van der Waals surface area (Å²) >= 11 is 1.54. The van der Waals surface area contributed by atoms with E-state index >= 15 is 0 Å². The van der Waals surface area contributed by atoms with Crippen LogP contribution in [-0.2, 0) is 12.3 Å². The van der Waals surface area contributed by atoms with Gasteiger partial charge in [0.2, 0.25) is 18.6 Å². The molecule has 3 heterocycles. The average molecular weight is 433 g/mol. The molecule has 0 radical (unpaired) electrons. The third-order valence-electron chi connectivity index (χ3n) is 5.26. The molecule has 0 spiro atoms. The largest absolute Gasteiger partial charge is 0.454 e. The van der Waals surface area contributed by atoms with Crippen molar-refractivity contribution < 1.29 is 13.9 Å². The summed E-state index contributed by atoms with van der Waals surface area (Å²) in [7, 11) is 0. The molecule has 1 aliphatic carbocycles. The fraction of sp³-hybridized carbons (Fsp3) is 0.273. The van der Waals surface area contributed by atoms with Crippen LogP contribution in [-0.4, -0.2) is 31.8 Å². The Morgan fingerprint density at radius 2 is 1.81 bits per heavy atom. The minimum absolute atomic E-state index is 0.259. The first-order valence-electron chi connectivity index (χ1n) is 10.2. The number of fused-ring (bicyclic) bond motifs is 1. The van der Waals surface area contributed by atoms with E-state index in [-0.39, 0.29) is 6.79 Å². The molecule has 1 saturated carbocycles. The lowest BCUT2D eigenvalue weighted by atomic mass is 10.2. The van der Waals surface area contributed by atoms with Crippen LogP contribution in [0.2, 0.25) is 0 Å². The Labute approximate surface area is 182 Å². The molecule has 31 heavy (non-hydrogen) atoms. The molecule has 8 nitrogen and oxygen atoms in total. The number of hydrogen-bond donors (Lipinski definition) is 0. The number of ether oxygens (including phenoxy) is 2. The normalized spacial score (nSPS) is 14.8. The summed E-state index contributed by atoms with van der Waals surface area (Å²) in [6, 6.07) is 16.0. The van der Waals surface area contributed by atoms with E-state index in [1.165, 1.54) is 0 Å². The van der Waals surface area contributed by atoms with Gasteiger partial charge in [0, 0.05) is 11.5 Å². The maximum absolute atomic E-state index is 5.80. The Morgan fingerprint density at radius 1 is 0.935 bits per heavy atom. The van der Waals surface area contributed by atoms with Gasteiger partial charge in [-0.15, -0.1) is 20.4 Å². The van der Waals surface area contributed by atoms with Gasteiger partial charge in [0.1, 0.15) is 0 Å². The summed E-state index contributed by atoms with van der Waals surface area (Å²) in [5.74, 6) is 4.71. The van der Waals surface area contributed by atoms with E-state index in [0.29, 0.717) is 24.1 Å². The first-order chi connectivity index (χ1) is 15.3. The molecule has 156 valence electrons. The molecule has 0 amide bonds. The summed E-state index contributed by atoms with van der Waals surface area (Å²) in [6.07, 6.45) is 2.28. The average Bonchev–Trinajstić information content (AvgIpc) is 3.20. The van der Waals surface area contributed by atoms with E-state index < -0.39 is 0 Å². The van der Waals surface area contributed by atoms with Crippen molar-refractivity contribution in [2.24, 2.45) is 0 Å². The first-order valence-corrected chi connectivity index (χ1v) is 11.1. The van der Waals surface area contributed by atoms with Gasteiger partial charge in [0.15, 0.2) is 22.5 Å². The Balaban J connectivity index is 1.29. The minimum Gasteiger partial charge on any atom is -0.454 e. The molecule has 0 bridgehead atoms. The Morgan fingerprint density at radius 3 is 2.68 bits per heavy atom. The molecule has 9 heteroatoms. The van der Waals surface area contributed by atoms with Gasteiger partial charge < -0.3 is 13.9 Å². The number of rotatable bonds is 7. The third kappa shape index (κ3) is 3.76. The van der Waals surface area contributed by atoms with E-state index in [1.54, 1.807) is 11.8 Å². The molecule has 0 N–H and O–H groups in total. The van der Waals surface area contributed by atoms with E-state index in [2.05, 4.69) is 25.0 Å². The lowest BCUT2D eigenvalue weighted by Gasteiger charge is -2.11. The van der Waals surface area contributed by atoms with Crippen LogP contribution in [0.5, 0.6) is 11.5 Å². The second-order valence-electron chi connectivity index (χ2n) is 7.54. The molecule has 0 saturated heterocycles. The lowest BCUT2D eigenvalue weighted by molar-refractivity contribution is 0.174. The number of benzene rings is 2. The topological polar surface area (TPSA) is 88.1 Å². The highest BCUT2D eigenvalue weighted by molar-refractivity contribution is 7.98. The van der Waals surface area contributed by atoms with Crippen LogP contribution >= 0.6 is 11.8 Å². The summed E-state index contributed by atoms with van der Waals surface area (Å²) < 4.78 is 18.9. The second-order valence-corrected chi connectivity index (χ2v) is 8.49. The van der Waals surface area contributed by atoms with Crippen LogP contribution in [0.3, 0.4) is 0 Å². The minimum atomic E-state index is 0.259. The van der Waals surface area contributed by atoms with E-state index in [1.807, 2.05) is 48.5 Å². The molecular weight excluding hydrogens is 414 g/mol. The highest BCUT2D eigenvalue weighted by Gasteiger charge is 2.29.